The van der Waals surface area contributed by atoms with Gasteiger partial charge in [0, 0.05) is 19.1 Å². The molecule has 1 aliphatic rings. The molecular weight excluding hydrogens is 184 g/mol. The molecule has 82 valence electrons. The van der Waals surface area contributed by atoms with Crippen LogP contribution in [0.3, 0.4) is 0 Å². The van der Waals surface area contributed by atoms with Crippen LogP contribution >= 0.6 is 0 Å². The van der Waals surface area contributed by atoms with Gasteiger partial charge in [-0.25, -0.2) is 0 Å². The lowest BCUT2D eigenvalue weighted by Crippen LogP contribution is -2.51. The van der Waals surface area contributed by atoms with Crippen LogP contribution in [0.2, 0.25) is 0 Å². The van der Waals surface area contributed by atoms with Crippen LogP contribution in [-0.4, -0.2) is 56.4 Å². The van der Waals surface area contributed by atoms with Crippen molar-refractivity contribution in [1.29, 1.82) is 0 Å². The van der Waals surface area contributed by atoms with Crippen LogP contribution in [0.4, 0.5) is 0 Å². The fraction of sp³-hybridized carbons (Fsp3) is 0.889. The highest BCUT2D eigenvalue weighted by atomic mass is 16.5. The Morgan fingerprint density at radius 2 is 2.50 bits per heavy atom. The van der Waals surface area contributed by atoms with Gasteiger partial charge in [-0.15, -0.1) is 0 Å². The zero-order valence-electron chi connectivity index (χ0n) is 8.73. The van der Waals surface area contributed by atoms with Crippen molar-refractivity contribution in [2.45, 2.75) is 19.0 Å². The molecule has 2 atom stereocenters. The van der Waals surface area contributed by atoms with Crippen molar-refractivity contribution in [3.8, 4) is 0 Å². The Labute approximate surface area is 84.1 Å². The van der Waals surface area contributed by atoms with Crippen LogP contribution in [0.5, 0.6) is 0 Å². The number of esters is 1. The number of carbonyl (C=O) groups excluding carboxylic acids is 1. The van der Waals surface area contributed by atoms with Crippen molar-refractivity contribution in [2.75, 3.05) is 33.4 Å². The number of hydrogen-bond acceptors (Lipinski definition) is 5. The van der Waals surface area contributed by atoms with Crippen molar-refractivity contribution >= 4 is 5.97 Å². The van der Waals surface area contributed by atoms with Gasteiger partial charge in [0.2, 0.25) is 0 Å². The highest BCUT2D eigenvalue weighted by molar-refractivity contribution is 5.75. The number of morpholine rings is 1. The third kappa shape index (κ3) is 2.94. The Morgan fingerprint density at radius 1 is 1.79 bits per heavy atom. The summed E-state index contributed by atoms with van der Waals surface area (Å²) in [5.41, 5.74) is 5.66. The number of methoxy groups -OCH3 is 1. The van der Waals surface area contributed by atoms with Crippen LogP contribution in [0, 0.1) is 0 Å². The van der Waals surface area contributed by atoms with E-state index in [1.807, 2.05) is 0 Å². The molecule has 5 nitrogen and oxygen atoms in total. The van der Waals surface area contributed by atoms with Crippen molar-refractivity contribution in [1.82, 2.24) is 4.90 Å². The van der Waals surface area contributed by atoms with Crippen molar-refractivity contribution in [3.05, 3.63) is 0 Å². The predicted molar refractivity (Wildman–Crippen MR) is 51.8 cm³/mol. The Morgan fingerprint density at radius 3 is 3.07 bits per heavy atom. The molecule has 0 bridgehead atoms. The van der Waals surface area contributed by atoms with Gasteiger partial charge in [-0.1, -0.05) is 0 Å². The molecule has 0 saturated carbocycles. The van der Waals surface area contributed by atoms with Gasteiger partial charge in [-0.2, -0.15) is 0 Å². The molecule has 0 radical (unpaired) electrons. The largest absolute Gasteiger partial charge is 0.468 e. The standard InChI is InChI=1S/C9H18N2O3/c1-7-6-14-4-3-11(7)5-8(10)9(12)13-2/h7-8H,3-6,10H2,1-2H3. The van der Waals surface area contributed by atoms with E-state index in [1.54, 1.807) is 0 Å². The quantitative estimate of drug-likeness (QED) is 0.607. The Kier molecular flexibility index (Phi) is 4.31. The molecule has 1 heterocycles. The molecule has 1 fully saturated rings. The minimum atomic E-state index is -0.555. The molecule has 0 spiro atoms. The van der Waals surface area contributed by atoms with Gasteiger partial charge in [0.1, 0.15) is 6.04 Å². The molecule has 1 saturated heterocycles. The van der Waals surface area contributed by atoms with Gasteiger partial charge in [0.25, 0.3) is 0 Å². The number of ether oxygens (including phenoxy) is 2. The molecule has 1 rings (SSSR count). The average molecular weight is 202 g/mol. The highest BCUT2D eigenvalue weighted by Gasteiger charge is 2.24. The monoisotopic (exact) mass is 202 g/mol. The first-order chi connectivity index (χ1) is 6.65. The van der Waals surface area contributed by atoms with E-state index >= 15 is 0 Å². The lowest BCUT2D eigenvalue weighted by Gasteiger charge is -2.34. The molecule has 0 aromatic carbocycles. The molecule has 5 heteroatoms. The lowest BCUT2D eigenvalue weighted by molar-refractivity contribution is -0.143. The SMILES string of the molecule is COC(=O)C(N)CN1CCOCC1C. The first kappa shape index (κ1) is 11.4. The second-order valence-corrected chi connectivity index (χ2v) is 3.55. The van der Waals surface area contributed by atoms with E-state index in [2.05, 4.69) is 16.6 Å². The fourth-order valence-electron chi connectivity index (χ4n) is 1.51. The summed E-state index contributed by atoms with van der Waals surface area (Å²) in [6.07, 6.45) is 0. The molecule has 2 N–H and O–H groups in total. The van der Waals surface area contributed by atoms with Crippen LogP contribution in [0.1, 0.15) is 6.92 Å². The van der Waals surface area contributed by atoms with Gasteiger partial charge in [0.15, 0.2) is 0 Å². The summed E-state index contributed by atoms with van der Waals surface area (Å²) in [5.74, 6) is -0.358. The van der Waals surface area contributed by atoms with Crippen LogP contribution < -0.4 is 5.73 Å². The molecule has 0 aromatic rings. The van der Waals surface area contributed by atoms with Crippen molar-refractivity contribution in [2.24, 2.45) is 5.73 Å². The van der Waals surface area contributed by atoms with Crippen LogP contribution in [0.25, 0.3) is 0 Å². The second-order valence-electron chi connectivity index (χ2n) is 3.55. The summed E-state index contributed by atoms with van der Waals surface area (Å²) in [6, 6.07) is -0.236. The van der Waals surface area contributed by atoms with Gasteiger partial charge in [-0.3, -0.25) is 9.69 Å². The third-order valence-corrected chi connectivity index (χ3v) is 2.44. The maximum absolute atomic E-state index is 11.1. The van der Waals surface area contributed by atoms with Crippen LogP contribution in [0.15, 0.2) is 0 Å². The topological polar surface area (TPSA) is 64.8 Å². The van der Waals surface area contributed by atoms with E-state index in [1.165, 1.54) is 7.11 Å². The summed E-state index contributed by atoms with van der Waals surface area (Å²) >= 11 is 0. The number of rotatable bonds is 3. The Balaban J connectivity index is 2.38. The summed E-state index contributed by atoms with van der Waals surface area (Å²) in [5, 5.41) is 0. The normalized spacial score (nSPS) is 25.8. The summed E-state index contributed by atoms with van der Waals surface area (Å²) in [4.78, 5) is 13.2. The van der Waals surface area contributed by atoms with Gasteiger partial charge in [0.05, 0.1) is 20.3 Å². The summed E-state index contributed by atoms with van der Waals surface area (Å²) < 4.78 is 9.85. The zero-order chi connectivity index (χ0) is 10.6. The highest BCUT2D eigenvalue weighted by Crippen LogP contribution is 2.06. The minimum Gasteiger partial charge on any atom is -0.468 e. The molecule has 0 aliphatic carbocycles. The molecule has 2 unspecified atom stereocenters. The number of nitrogens with zero attached hydrogens (tertiary/aromatic N) is 1. The summed E-state index contributed by atoms with van der Waals surface area (Å²) in [7, 11) is 1.35. The van der Waals surface area contributed by atoms with Crippen molar-refractivity contribution < 1.29 is 14.3 Å². The molecule has 0 amide bonds. The maximum atomic E-state index is 11.1. The van der Waals surface area contributed by atoms with E-state index < -0.39 is 6.04 Å². The Hall–Kier alpha value is -0.650. The Bertz CT molecular complexity index is 198. The van der Waals surface area contributed by atoms with Gasteiger partial charge in [-0.05, 0) is 6.92 Å². The molecular formula is C9H18N2O3. The number of carbonyl (C=O) groups is 1. The van der Waals surface area contributed by atoms with E-state index in [4.69, 9.17) is 10.5 Å². The third-order valence-electron chi connectivity index (χ3n) is 2.44. The average Bonchev–Trinajstić information content (AvgIpc) is 2.20. The first-order valence-corrected chi connectivity index (χ1v) is 4.80. The van der Waals surface area contributed by atoms with Gasteiger partial charge < -0.3 is 15.2 Å². The lowest BCUT2D eigenvalue weighted by atomic mass is 10.2. The van der Waals surface area contributed by atoms with Crippen LogP contribution in [-0.2, 0) is 14.3 Å². The smallest absolute Gasteiger partial charge is 0.323 e. The molecule has 1 aliphatic heterocycles. The number of nitrogens with two attached hydrogens (primary N) is 1. The van der Waals surface area contributed by atoms with Crippen molar-refractivity contribution in [3.63, 3.8) is 0 Å². The molecule has 0 aromatic heterocycles. The van der Waals surface area contributed by atoms with E-state index in [9.17, 15) is 4.79 Å². The zero-order valence-corrected chi connectivity index (χ0v) is 8.73. The predicted octanol–water partition coefficient (Wildman–Crippen LogP) is -0.793. The first-order valence-electron chi connectivity index (χ1n) is 4.80. The van der Waals surface area contributed by atoms with Gasteiger partial charge >= 0.3 is 5.97 Å². The number of hydrogen-bond donors (Lipinski definition) is 1. The summed E-state index contributed by atoms with van der Waals surface area (Å²) in [6.45, 7) is 4.83. The van der Waals surface area contributed by atoms with E-state index in [-0.39, 0.29) is 5.97 Å². The fourth-order valence-corrected chi connectivity index (χ4v) is 1.51. The van der Waals surface area contributed by atoms with E-state index in [0.29, 0.717) is 25.8 Å². The maximum Gasteiger partial charge on any atom is 0.323 e. The van der Waals surface area contributed by atoms with E-state index in [0.717, 1.165) is 6.54 Å². The minimum absolute atomic E-state index is 0.319. The molecule has 14 heavy (non-hydrogen) atoms. The second kappa shape index (κ2) is 5.29.